The Morgan fingerprint density at radius 2 is 1.79 bits per heavy atom. The first-order chi connectivity index (χ1) is 11.3. The summed E-state index contributed by atoms with van der Waals surface area (Å²) in [5.41, 5.74) is 1.68. The number of amides is 1. The molecule has 1 N–H and O–H groups in total. The molecule has 0 spiro atoms. The zero-order valence-corrected chi connectivity index (χ0v) is 13.9. The topological polar surface area (TPSA) is 98.5 Å². The molecule has 0 aliphatic carbocycles. The molecule has 0 fully saturated rings. The maximum absolute atomic E-state index is 12.1. The minimum atomic E-state index is -1.00. The Morgan fingerprint density at radius 1 is 1.17 bits per heavy atom. The van der Waals surface area contributed by atoms with E-state index in [1.54, 1.807) is 38.1 Å². The number of benzene rings is 1. The molecule has 1 amide bonds. The molecular formula is C17H18N2O5. The fraction of sp³-hybridized carbons (Fsp3) is 0.294. The van der Waals surface area contributed by atoms with Crippen molar-refractivity contribution in [1.82, 2.24) is 5.16 Å². The van der Waals surface area contributed by atoms with E-state index < -0.39 is 18.0 Å². The highest BCUT2D eigenvalue weighted by Gasteiger charge is 2.24. The van der Waals surface area contributed by atoms with Gasteiger partial charge in [0.05, 0.1) is 5.69 Å². The van der Waals surface area contributed by atoms with Crippen molar-refractivity contribution in [2.75, 3.05) is 5.32 Å². The number of esters is 1. The van der Waals surface area contributed by atoms with Gasteiger partial charge in [-0.2, -0.15) is 0 Å². The average molecular weight is 330 g/mol. The lowest BCUT2D eigenvalue weighted by Crippen LogP contribution is -2.30. The van der Waals surface area contributed by atoms with Crippen LogP contribution >= 0.6 is 0 Å². The van der Waals surface area contributed by atoms with E-state index in [1.165, 1.54) is 13.8 Å². The third-order valence-electron chi connectivity index (χ3n) is 3.45. The number of ether oxygens (including phenoxy) is 1. The van der Waals surface area contributed by atoms with Gasteiger partial charge >= 0.3 is 5.97 Å². The van der Waals surface area contributed by atoms with Crippen LogP contribution in [0.3, 0.4) is 0 Å². The van der Waals surface area contributed by atoms with Crippen molar-refractivity contribution in [3.05, 3.63) is 46.8 Å². The molecule has 7 nitrogen and oxygen atoms in total. The van der Waals surface area contributed by atoms with Crippen LogP contribution in [0, 0.1) is 13.8 Å². The SMILES string of the molecule is CC(=O)c1ccc(NC(=O)C(C)OC(=O)c2c(C)noc2C)cc1. The third-order valence-corrected chi connectivity index (χ3v) is 3.45. The van der Waals surface area contributed by atoms with Crippen LogP contribution in [-0.2, 0) is 9.53 Å². The van der Waals surface area contributed by atoms with Gasteiger partial charge in [0.2, 0.25) is 0 Å². The predicted molar refractivity (Wildman–Crippen MR) is 85.9 cm³/mol. The molecule has 0 saturated heterocycles. The summed E-state index contributed by atoms with van der Waals surface area (Å²) >= 11 is 0. The number of carbonyl (C=O) groups excluding carboxylic acids is 3. The van der Waals surface area contributed by atoms with Crippen LogP contribution in [0.2, 0.25) is 0 Å². The summed E-state index contributed by atoms with van der Waals surface area (Å²) in [5, 5.41) is 6.30. The zero-order valence-electron chi connectivity index (χ0n) is 13.9. The fourth-order valence-corrected chi connectivity index (χ4v) is 2.08. The first-order valence-electron chi connectivity index (χ1n) is 7.35. The lowest BCUT2D eigenvalue weighted by molar-refractivity contribution is -0.123. The van der Waals surface area contributed by atoms with E-state index in [2.05, 4.69) is 10.5 Å². The van der Waals surface area contributed by atoms with Crippen molar-refractivity contribution in [2.45, 2.75) is 33.8 Å². The number of rotatable bonds is 5. The number of Topliss-reactive ketones (excluding diaryl/α,β-unsaturated/α-hetero) is 1. The Balaban J connectivity index is 1.99. The number of ketones is 1. The van der Waals surface area contributed by atoms with E-state index in [4.69, 9.17) is 9.26 Å². The van der Waals surface area contributed by atoms with E-state index in [0.29, 0.717) is 22.7 Å². The first kappa shape index (κ1) is 17.4. The van der Waals surface area contributed by atoms with Crippen LogP contribution < -0.4 is 5.32 Å². The standard InChI is InChI=1S/C17H18N2O5/c1-9-15(11(3)24-19-9)17(22)23-12(4)16(21)18-14-7-5-13(6-8-14)10(2)20/h5-8,12H,1-4H3,(H,18,21). The molecule has 1 aromatic carbocycles. The summed E-state index contributed by atoms with van der Waals surface area (Å²) in [7, 11) is 0. The molecule has 0 aliphatic heterocycles. The number of hydrogen-bond donors (Lipinski definition) is 1. The van der Waals surface area contributed by atoms with Gasteiger partial charge in [-0.05, 0) is 52.0 Å². The predicted octanol–water partition coefficient (Wildman–Crippen LogP) is 2.68. The lowest BCUT2D eigenvalue weighted by atomic mass is 10.1. The van der Waals surface area contributed by atoms with E-state index in [-0.39, 0.29) is 11.3 Å². The normalized spacial score (nSPS) is 11.7. The van der Waals surface area contributed by atoms with E-state index in [9.17, 15) is 14.4 Å². The number of nitrogens with zero attached hydrogens (tertiary/aromatic N) is 1. The van der Waals surface area contributed by atoms with Crippen LogP contribution in [0.5, 0.6) is 0 Å². The monoisotopic (exact) mass is 330 g/mol. The van der Waals surface area contributed by atoms with Gasteiger partial charge in [-0.3, -0.25) is 9.59 Å². The Kier molecular flexibility index (Phi) is 5.13. The highest BCUT2D eigenvalue weighted by Crippen LogP contribution is 2.15. The molecular weight excluding hydrogens is 312 g/mol. The Morgan fingerprint density at radius 3 is 2.29 bits per heavy atom. The van der Waals surface area contributed by atoms with Gasteiger partial charge in [-0.25, -0.2) is 4.79 Å². The molecule has 2 rings (SSSR count). The Bertz CT molecular complexity index is 757. The Hall–Kier alpha value is -2.96. The number of anilines is 1. The zero-order chi connectivity index (χ0) is 17.9. The van der Waals surface area contributed by atoms with Gasteiger partial charge in [-0.15, -0.1) is 0 Å². The van der Waals surface area contributed by atoms with Crippen LogP contribution in [-0.4, -0.2) is 28.9 Å². The maximum atomic E-state index is 12.1. The average Bonchev–Trinajstić information content (AvgIpc) is 2.86. The van der Waals surface area contributed by atoms with Gasteiger partial charge in [0.25, 0.3) is 5.91 Å². The summed E-state index contributed by atoms with van der Waals surface area (Å²) in [5.74, 6) is -0.869. The summed E-state index contributed by atoms with van der Waals surface area (Å²) in [6.07, 6.45) is -1.00. The number of carbonyl (C=O) groups is 3. The van der Waals surface area contributed by atoms with Crippen molar-refractivity contribution in [3.8, 4) is 0 Å². The molecule has 0 radical (unpaired) electrons. The van der Waals surface area contributed by atoms with Gasteiger partial charge < -0.3 is 14.6 Å². The van der Waals surface area contributed by atoms with E-state index in [0.717, 1.165) is 0 Å². The van der Waals surface area contributed by atoms with Crippen LogP contribution in [0.1, 0.15) is 46.0 Å². The lowest BCUT2D eigenvalue weighted by Gasteiger charge is -2.13. The van der Waals surface area contributed by atoms with Gasteiger partial charge in [0.1, 0.15) is 11.3 Å². The quantitative estimate of drug-likeness (QED) is 0.668. The number of aryl methyl sites for hydroxylation is 2. The highest BCUT2D eigenvalue weighted by molar-refractivity contribution is 5.98. The van der Waals surface area contributed by atoms with Gasteiger partial charge in [0, 0.05) is 11.3 Å². The molecule has 1 unspecified atom stereocenters. The minimum absolute atomic E-state index is 0.0605. The molecule has 126 valence electrons. The minimum Gasteiger partial charge on any atom is -0.449 e. The van der Waals surface area contributed by atoms with Crippen molar-refractivity contribution in [3.63, 3.8) is 0 Å². The smallest absolute Gasteiger partial charge is 0.344 e. The molecule has 0 saturated carbocycles. The van der Waals surface area contributed by atoms with Crippen LogP contribution in [0.4, 0.5) is 5.69 Å². The molecule has 7 heteroatoms. The molecule has 1 atom stereocenters. The molecule has 0 aliphatic rings. The fourth-order valence-electron chi connectivity index (χ4n) is 2.08. The maximum Gasteiger partial charge on any atom is 0.344 e. The second-order valence-corrected chi connectivity index (χ2v) is 5.37. The summed E-state index contributed by atoms with van der Waals surface area (Å²) in [6, 6.07) is 6.44. The second-order valence-electron chi connectivity index (χ2n) is 5.37. The summed E-state index contributed by atoms with van der Waals surface area (Å²) in [4.78, 5) is 35.4. The van der Waals surface area contributed by atoms with Gasteiger partial charge in [0.15, 0.2) is 11.9 Å². The van der Waals surface area contributed by atoms with Crippen molar-refractivity contribution in [1.29, 1.82) is 0 Å². The van der Waals surface area contributed by atoms with Crippen molar-refractivity contribution in [2.24, 2.45) is 0 Å². The van der Waals surface area contributed by atoms with E-state index in [1.807, 2.05) is 0 Å². The van der Waals surface area contributed by atoms with Crippen LogP contribution in [0.15, 0.2) is 28.8 Å². The molecule has 1 aromatic heterocycles. The number of aromatic nitrogens is 1. The number of hydrogen-bond acceptors (Lipinski definition) is 6. The summed E-state index contributed by atoms with van der Waals surface area (Å²) in [6.45, 7) is 6.14. The highest BCUT2D eigenvalue weighted by atomic mass is 16.5. The molecule has 24 heavy (non-hydrogen) atoms. The number of nitrogens with one attached hydrogen (secondary N) is 1. The molecule has 0 bridgehead atoms. The van der Waals surface area contributed by atoms with Crippen molar-refractivity contribution >= 4 is 23.3 Å². The van der Waals surface area contributed by atoms with Crippen molar-refractivity contribution < 1.29 is 23.6 Å². The molecule has 2 aromatic rings. The molecule has 1 heterocycles. The second kappa shape index (κ2) is 7.08. The third kappa shape index (κ3) is 3.87. The largest absolute Gasteiger partial charge is 0.449 e. The summed E-state index contributed by atoms with van der Waals surface area (Å²) < 4.78 is 10.1. The first-order valence-corrected chi connectivity index (χ1v) is 7.35. The van der Waals surface area contributed by atoms with Crippen LogP contribution in [0.25, 0.3) is 0 Å². The van der Waals surface area contributed by atoms with Gasteiger partial charge in [-0.1, -0.05) is 5.16 Å². The Labute approximate surface area is 139 Å². The van der Waals surface area contributed by atoms with E-state index >= 15 is 0 Å².